The topological polar surface area (TPSA) is 113 Å². The molecule has 1 aromatic heterocycles. The molecule has 0 saturated heterocycles. The largest absolute Gasteiger partial charge is 0.454 e. The third-order valence-electron chi connectivity index (χ3n) is 4.13. The second kappa shape index (κ2) is 7.70. The summed E-state index contributed by atoms with van der Waals surface area (Å²) >= 11 is 0. The molecule has 0 atom stereocenters. The monoisotopic (exact) mass is 386 g/mol. The lowest BCUT2D eigenvalue weighted by Crippen LogP contribution is -2.17. The number of pyridine rings is 1. The third kappa shape index (κ3) is 3.99. The van der Waals surface area contributed by atoms with Gasteiger partial charge in [0.15, 0.2) is 11.5 Å². The van der Waals surface area contributed by atoms with E-state index >= 15 is 0 Å². The number of aromatic nitrogens is 1. The Morgan fingerprint density at radius 1 is 0.931 bits per heavy atom. The van der Waals surface area contributed by atoms with Crippen molar-refractivity contribution in [3.8, 4) is 17.6 Å². The molecule has 0 saturated carbocycles. The molecule has 4 rings (SSSR count). The number of anilines is 2. The number of nitriles is 1. The van der Waals surface area contributed by atoms with Gasteiger partial charge >= 0.3 is 0 Å². The van der Waals surface area contributed by atoms with Crippen molar-refractivity contribution >= 4 is 23.2 Å². The number of rotatable bonds is 4. The predicted molar refractivity (Wildman–Crippen MR) is 104 cm³/mol. The molecule has 8 heteroatoms. The first-order valence-electron chi connectivity index (χ1n) is 8.61. The molecule has 2 N–H and O–H groups in total. The maximum absolute atomic E-state index is 12.5. The molecule has 0 bridgehead atoms. The molecule has 0 fully saturated rings. The fourth-order valence-corrected chi connectivity index (χ4v) is 2.74. The lowest BCUT2D eigenvalue weighted by molar-refractivity contribution is 0.102. The Kier molecular flexibility index (Phi) is 4.78. The van der Waals surface area contributed by atoms with E-state index in [1.807, 2.05) is 6.07 Å². The van der Waals surface area contributed by atoms with Gasteiger partial charge < -0.3 is 20.1 Å². The highest BCUT2D eigenvalue weighted by molar-refractivity contribution is 6.07. The molecule has 0 radical (unpaired) electrons. The highest BCUT2D eigenvalue weighted by Crippen LogP contribution is 2.34. The summed E-state index contributed by atoms with van der Waals surface area (Å²) in [6.07, 6.45) is 1.38. The molecule has 8 nitrogen and oxygen atoms in total. The average molecular weight is 386 g/mol. The molecule has 0 aliphatic carbocycles. The van der Waals surface area contributed by atoms with E-state index in [0.717, 1.165) is 0 Å². The van der Waals surface area contributed by atoms with Crippen molar-refractivity contribution in [2.45, 2.75) is 0 Å². The van der Waals surface area contributed by atoms with Gasteiger partial charge in [-0.2, -0.15) is 5.26 Å². The van der Waals surface area contributed by atoms with Crippen molar-refractivity contribution in [2.75, 3.05) is 17.4 Å². The Balaban J connectivity index is 1.48. The number of hydrogen-bond acceptors (Lipinski definition) is 6. The molecular formula is C21H14N4O4. The smallest absolute Gasteiger partial charge is 0.274 e. The SMILES string of the molecule is N#Cc1cccc(NC(=O)c2ccnc(C(=O)Nc3ccc4c(c3)OCO4)c2)c1. The van der Waals surface area contributed by atoms with Gasteiger partial charge in [-0.3, -0.25) is 14.6 Å². The molecule has 2 aromatic carbocycles. The van der Waals surface area contributed by atoms with E-state index in [1.165, 1.54) is 18.3 Å². The van der Waals surface area contributed by atoms with Crippen LogP contribution in [0.15, 0.2) is 60.8 Å². The number of benzene rings is 2. The van der Waals surface area contributed by atoms with Crippen LogP contribution in [-0.4, -0.2) is 23.6 Å². The number of amides is 2. The Bertz CT molecular complexity index is 1150. The summed E-state index contributed by atoms with van der Waals surface area (Å²) in [4.78, 5) is 29.0. The molecule has 3 aromatic rings. The summed E-state index contributed by atoms with van der Waals surface area (Å²) < 4.78 is 10.5. The zero-order chi connectivity index (χ0) is 20.2. The minimum absolute atomic E-state index is 0.0843. The summed E-state index contributed by atoms with van der Waals surface area (Å²) in [6.45, 7) is 0.142. The van der Waals surface area contributed by atoms with Crippen LogP contribution in [0.5, 0.6) is 11.5 Å². The highest BCUT2D eigenvalue weighted by atomic mass is 16.7. The van der Waals surface area contributed by atoms with Crippen LogP contribution in [0, 0.1) is 11.3 Å². The summed E-state index contributed by atoms with van der Waals surface area (Å²) in [5.74, 6) is 0.272. The molecule has 142 valence electrons. The normalized spacial score (nSPS) is 11.4. The van der Waals surface area contributed by atoms with Crippen molar-refractivity contribution in [3.05, 3.63) is 77.6 Å². The van der Waals surface area contributed by atoms with Crippen molar-refractivity contribution in [1.82, 2.24) is 4.98 Å². The second-order valence-corrected chi connectivity index (χ2v) is 6.10. The van der Waals surface area contributed by atoms with Gasteiger partial charge in [-0.15, -0.1) is 0 Å². The standard InChI is InChI=1S/C21H14N4O4/c22-11-13-2-1-3-15(8-13)24-20(26)14-6-7-23-17(9-14)21(27)25-16-4-5-18-19(10-16)29-12-28-18/h1-10H,12H2,(H,24,26)(H,25,27). The van der Waals surface area contributed by atoms with Gasteiger partial charge in [0.2, 0.25) is 6.79 Å². The number of hydrogen-bond donors (Lipinski definition) is 2. The molecular weight excluding hydrogens is 372 g/mol. The summed E-state index contributed by atoms with van der Waals surface area (Å²) in [5, 5.41) is 14.4. The van der Waals surface area contributed by atoms with Crippen molar-refractivity contribution in [1.29, 1.82) is 5.26 Å². The van der Waals surface area contributed by atoms with E-state index < -0.39 is 11.8 Å². The van der Waals surface area contributed by atoms with Gasteiger partial charge in [0.05, 0.1) is 11.6 Å². The minimum atomic E-state index is -0.468. The highest BCUT2D eigenvalue weighted by Gasteiger charge is 2.16. The van der Waals surface area contributed by atoms with Crippen molar-refractivity contribution < 1.29 is 19.1 Å². The zero-order valence-electron chi connectivity index (χ0n) is 15.0. The van der Waals surface area contributed by atoms with E-state index in [4.69, 9.17) is 14.7 Å². The number of nitrogens with one attached hydrogen (secondary N) is 2. The van der Waals surface area contributed by atoms with Crippen LogP contribution < -0.4 is 20.1 Å². The lowest BCUT2D eigenvalue weighted by atomic mass is 10.1. The molecule has 2 heterocycles. The summed E-state index contributed by atoms with van der Waals surface area (Å²) in [5.41, 5.74) is 1.78. The number of carbonyl (C=O) groups excluding carboxylic acids is 2. The Morgan fingerprint density at radius 3 is 2.59 bits per heavy atom. The Hall–Kier alpha value is -4.38. The van der Waals surface area contributed by atoms with Crippen LogP contribution in [0.25, 0.3) is 0 Å². The number of carbonyl (C=O) groups is 2. The average Bonchev–Trinajstić information content (AvgIpc) is 3.22. The molecule has 1 aliphatic rings. The number of fused-ring (bicyclic) bond motifs is 1. The van der Waals surface area contributed by atoms with E-state index in [0.29, 0.717) is 28.4 Å². The predicted octanol–water partition coefficient (Wildman–Crippen LogP) is 3.19. The van der Waals surface area contributed by atoms with Crippen LogP contribution in [-0.2, 0) is 0 Å². The van der Waals surface area contributed by atoms with Gasteiger partial charge in [-0.05, 0) is 42.5 Å². The van der Waals surface area contributed by atoms with Crippen molar-refractivity contribution in [3.63, 3.8) is 0 Å². The maximum atomic E-state index is 12.5. The molecule has 0 unspecified atom stereocenters. The number of ether oxygens (including phenoxy) is 2. The maximum Gasteiger partial charge on any atom is 0.274 e. The van der Waals surface area contributed by atoms with Crippen LogP contribution in [0.3, 0.4) is 0 Å². The van der Waals surface area contributed by atoms with E-state index in [1.54, 1.807) is 42.5 Å². The van der Waals surface area contributed by atoms with Crippen LogP contribution >= 0.6 is 0 Å². The first-order valence-corrected chi connectivity index (χ1v) is 8.61. The minimum Gasteiger partial charge on any atom is -0.454 e. The summed E-state index contributed by atoms with van der Waals surface area (Å²) in [7, 11) is 0. The fraction of sp³-hybridized carbons (Fsp3) is 0.0476. The number of nitrogens with zero attached hydrogens (tertiary/aromatic N) is 2. The summed E-state index contributed by atoms with van der Waals surface area (Å²) in [6, 6.07) is 16.5. The van der Waals surface area contributed by atoms with E-state index in [9.17, 15) is 9.59 Å². The zero-order valence-corrected chi connectivity index (χ0v) is 15.0. The molecule has 2 amide bonds. The molecule has 0 spiro atoms. The van der Waals surface area contributed by atoms with E-state index in [2.05, 4.69) is 15.6 Å². The fourth-order valence-electron chi connectivity index (χ4n) is 2.74. The lowest BCUT2D eigenvalue weighted by Gasteiger charge is -2.08. The Morgan fingerprint density at radius 2 is 1.72 bits per heavy atom. The van der Waals surface area contributed by atoms with Crippen LogP contribution in [0.4, 0.5) is 11.4 Å². The van der Waals surface area contributed by atoms with Crippen LogP contribution in [0.2, 0.25) is 0 Å². The van der Waals surface area contributed by atoms with E-state index in [-0.39, 0.29) is 18.1 Å². The van der Waals surface area contributed by atoms with Gasteiger partial charge in [0.25, 0.3) is 11.8 Å². The molecule has 1 aliphatic heterocycles. The third-order valence-corrected chi connectivity index (χ3v) is 4.13. The van der Waals surface area contributed by atoms with Gasteiger partial charge in [-0.25, -0.2) is 0 Å². The Labute approximate surface area is 165 Å². The molecule has 29 heavy (non-hydrogen) atoms. The van der Waals surface area contributed by atoms with Crippen LogP contribution in [0.1, 0.15) is 26.4 Å². The van der Waals surface area contributed by atoms with Gasteiger partial charge in [0, 0.05) is 29.2 Å². The quantitative estimate of drug-likeness (QED) is 0.712. The van der Waals surface area contributed by atoms with Gasteiger partial charge in [0.1, 0.15) is 5.69 Å². The first-order chi connectivity index (χ1) is 14.1. The van der Waals surface area contributed by atoms with Crippen molar-refractivity contribution in [2.24, 2.45) is 0 Å². The first kappa shape index (κ1) is 18.0. The van der Waals surface area contributed by atoms with Gasteiger partial charge in [-0.1, -0.05) is 6.07 Å². The second-order valence-electron chi connectivity index (χ2n) is 6.10.